The highest BCUT2D eigenvalue weighted by Crippen LogP contribution is 2.24. The van der Waals surface area contributed by atoms with Gasteiger partial charge in [0.2, 0.25) is 0 Å². The van der Waals surface area contributed by atoms with Gasteiger partial charge in [0, 0.05) is 6.54 Å². The van der Waals surface area contributed by atoms with Crippen molar-refractivity contribution >= 4 is 11.0 Å². The predicted octanol–water partition coefficient (Wildman–Crippen LogP) is 4.87. The number of fused-ring (bicyclic) bond motifs is 1. The van der Waals surface area contributed by atoms with E-state index in [2.05, 4.69) is 54.6 Å². The van der Waals surface area contributed by atoms with Crippen LogP contribution < -0.4 is 4.74 Å². The first-order chi connectivity index (χ1) is 12.5. The van der Waals surface area contributed by atoms with E-state index < -0.39 is 6.10 Å². The largest absolute Gasteiger partial charge is 0.494 e. The molecule has 0 spiro atoms. The third-order valence-corrected chi connectivity index (χ3v) is 4.83. The number of unbranched alkanes of at least 4 members (excludes halogenated alkanes) is 1. The van der Waals surface area contributed by atoms with E-state index in [0.29, 0.717) is 6.61 Å². The van der Waals surface area contributed by atoms with Crippen molar-refractivity contribution in [3.63, 3.8) is 0 Å². The van der Waals surface area contributed by atoms with Crippen LogP contribution in [-0.4, -0.2) is 21.3 Å². The lowest BCUT2D eigenvalue weighted by atomic mass is 10.1. The second-order valence-electron chi connectivity index (χ2n) is 7.09. The van der Waals surface area contributed by atoms with Crippen molar-refractivity contribution in [3.05, 3.63) is 58.9 Å². The smallest absolute Gasteiger partial charge is 0.138 e. The van der Waals surface area contributed by atoms with E-state index in [-0.39, 0.29) is 0 Å². The number of aliphatic hydroxyl groups excluding tert-OH is 1. The van der Waals surface area contributed by atoms with Crippen LogP contribution in [0.15, 0.2) is 36.4 Å². The zero-order valence-corrected chi connectivity index (χ0v) is 16.1. The van der Waals surface area contributed by atoms with Crippen molar-refractivity contribution in [2.75, 3.05) is 6.61 Å². The molecule has 0 aliphatic heterocycles. The Balaban J connectivity index is 1.65. The SMILES string of the molecule is Cc1ccc(OCCCCn2c(C(C)O)nc3cc(C)c(C)cc32)cc1. The fraction of sp³-hybridized carbons (Fsp3) is 0.409. The molecular weight excluding hydrogens is 324 g/mol. The van der Waals surface area contributed by atoms with Crippen LogP contribution in [0.2, 0.25) is 0 Å². The molecule has 0 saturated carbocycles. The molecule has 0 bridgehead atoms. The Morgan fingerprint density at radius 2 is 1.73 bits per heavy atom. The highest BCUT2D eigenvalue weighted by molar-refractivity contribution is 5.78. The number of aliphatic hydroxyl groups is 1. The number of benzene rings is 2. The molecule has 0 radical (unpaired) electrons. The molecule has 26 heavy (non-hydrogen) atoms. The van der Waals surface area contributed by atoms with Crippen LogP contribution in [0.5, 0.6) is 5.75 Å². The normalized spacial score (nSPS) is 12.5. The van der Waals surface area contributed by atoms with Gasteiger partial charge in [-0.1, -0.05) is 17.7 Å². The van der Waals surface area contributed by atoms with Gasteiger partial charge in [0.05, 0.1) is 17.6 Å². The van der Waals surface area contributed by atoms with Gasteiger partial charge in [-0.05, 0) is 75.9 Å². The number of hydrogen-bond acceptors (Lipinski definition) is 3. The summed E-state index contributed by atoms with van der Waals surface area (Å²) in [6.07, 6.45) is 1.36. The van der Waals surface area contributed by atoms with E-state index in [1.54, 1.807) is 6.92 Å². The Morgan fingerprint density at radius 3 is 2.42 bits per heavy atom. The van der Waals surface area contributed by atoms with E-state index in [0.717, 1.165) is 42.0 Å². The zero-order valence-electron chi connectivity index (χ0n) is 16.1. The number of imidazole rings is 1. The van der Waals surface area contributed by atoms with Crippen molar-refractivity contribution in [1.82, 2.24) is 9.55 Å². The van der Waals surface area contributed by atoms with Crippen LogP contribution in [0, 0.1) is 20.8 Å². The van der Waals surface area contributed by atoms with Gasteiger partial charge >= 0.3 is 0 Å². The second kappa shape index (κ2) is 7.92. The lowest BCUT2D eigenvalue weighted by Gasteiger charge is -2.12. The van der Waals surface area contributed by atoms with Crippen LogP contribution >= 0.6 is 0 Å². The number of aromatic nitrogens is 2. The number of nitrogens with zero attached hydrogens (tertiary/aromatic N) is 2. The first-order valence-corrected chi connectivity index (χ1v) is 9.30. The Bertz CT molecular complexity index is 879. The number of ether oxygens (including phenoxy) is 1. The molecule has 0 amide bonds. The third-order valence-electron chi connectivity index (χ3n) is 4.83. The van der Waals surface area contributed by atoms with E-state index in [4.69, 9.17) is 4.74 Å². The maximum absolute atomic E-state index is 10.1. The van der Waals surface area contributed by atoms with Crippen molar-refractivity contribution in [3.8, 4) is 5.75 Å². The average molecular weight is 352 g/mol. The van der Waals surface area contributed by atoms with Crippen LogP contribution in [0.25, 0.3) is 11.0 Å². The fourth-order valence-electron chi connectivity index (χ4n) is 3.15. The van der Waals surface area contributed by atoms with Gasteiger partial charge < -0.3 is 14.4 Å². The first kappa shape index (κ1) is 18.5. The Hall–Kier alpha value is -2.33. The molecule has 1 atom stereocenters. The van der Waals surface area contributed by atoms with E-state index in [9.17, 15) is 5.11 Å². The maximum atomic E-state index is 10.1. The summed E-state index contributed by atoms with van der Waals surface area (Å²) in [7, 11) is 0. The topological polar surface area (TPSA) is 47.3 Å². The number of aryl methyl sites for hydroxylation is 4. The van der Waals surface area contributed by atoms with Crippen molar-refractivity contribution in [1.29, 1.82) is 0 Å². The van der Waals surface area contributed by atoms with Gasteiger partial charge in [-0.2, -0.15) is 0 Å². The summed E-state index contributed by atoms with van der Waals surface area (Å²) in [5.41, 5.74) is 5.77. The Labute approximate surface area is 155 Å². The summed E-state index contributed by atoms with van der Waals surface area (Å²) in [6, 6.07) is 12.4. The Kier molecular flexibility index (Phi) is 5.62. The zero-order chi connectivity index (χ0) is 18.7. The summed E-state index contributed by atoms with van der Waals surface area (Å²) in [6.45, 7) is 9.58. The molecule has 3 aromatic rings. The summed E-state index contributed by atoms with van der Waals surface area (Å²) in [5.74, 6) is 1.66. The van der Waals surface area contributed by atoms with E-state index in [1.807, 2.05) is 12.1 Å². The molecule has 1 unspecified atom stereocenters. The maximum Gasteiger partial charge on any atom is 0.138 e. The van der Waals surface area contributed by atoms with Crippen molar-refractivity contribution < 1.29 is 9.84 Å². The van der Waals surface area contributed by atoms with Crippen LogP contribution in [0.3, 0.4) is 0 Å². The van der Waals surface area contributed by atoms with Crippen molar-refractivity contribution in [2.45, 2.75) is 53.2 Å². The second-order valence-corrected chi connectivity index (χ2v) is 7.09. The number of hydrogen-bond donors (Lipinski definition) is 1. The molecule has 0 aliphatic carbocycles. The lowest BCUT2D eigenvalue weighted by molar-refractivity contribution is 0.184. The molecule has 4 nitrogen and oxygen atoms in total. The molecule has 0 saturated heterocycles. The molecule has 138 valence electrons. The van der Waals surface area contributed by atoms with Crippen molar-refractivity contribution in [2.24, 2.45) is 0 Å². The van der Waals surface area contributed by atoms with E-state index in [1.165, 1.54) is 16.7 Å². The average Bonchev–Trinajstić information content (AvgIpc) is 2.94. The van der Waals surface area contributed by atoms with Gasteiger partial charge in [-0.3, -0.25) is 0 Å². The molecule has 0 aliphatic rings. The van der Waals surface area contributed by atoms with Crippen LogP contribution in [0.4, 0.5) is 0 Å². The predicted molar refractivity (Wildman–Crippen MR) is 106 cm³/mol. The van der Waals surface area contributed by atoms with Gasteiger partial charge in [0.15, 0.2) is 0 Å². The first-order valence-electron chi connectivity index (χ1n) is 9.30. The summed E-state index contributed by atoms with van der Waals surface area (Å²) in [4.78, 5) is 4.65. The van der Waals surface area contributed by atoms with Gasteiger partial charge in [0.25, 0.3) is 0 Å². The van der Waals surface area contributed by atoms with E-state index >= 15 is 0 Å². The molecule has 3 rings (SSSR count). The highest BCUT2D eigenvalue weighted by atomic mass is 16.5. The third kappa shape index (κ3) is 4.07. The molecule has 0 fully saturated rings. The summed E-state index contributed by atoms with van der Waals surface area (Å²) in [5, 5.41) is 10.1. The Morgan fingerprint density at radius 1 is 1.04 bits per heavy atom. The molecule has 2 aromatic carbocycles. The molecule has 4 heteroatoms. The summed E-state index contributed by atoms with van der Waals surface area (Å²) >= 11 is 0. The summed E-state index contributed by atoms with van der Waals surface area (Å²) < 4.78 is 7.96. The van der Waals surface area contributed by atoms with Gasteiger partial charge in [-0.25, -0.2) is 4.98 Å². The highest BCUT2D eigenvalue weighted by Gasteiger charge is 2.15. The monoisotopic (exact) mass is 352 g/mol. The standard InChI is InChI=1S/C22H28N2O2/c1-15-7-9-19(10-8-15)26-12-6-5-11-24-21-14-17(3)16(2)13-20(21)23-22(24)18(4)25/h7-10,13-14,18,25H,5-6,11-12H2,1-4H3. The molecule has 1 heterocycles. The van der Waals surface area contributed by atoms with Crippen LogP contribution in [0.1, 0.15) is 48.4 Å². The molecule has 1 aromatic heterocycles. The molecule has 1 N–H and O–H groups in total. The van der Waals surface area contributed by atoms with Crippen LogP contribution in [-0.2, 0) is 6.54 Å². The minimum atomic E-state index is -0.577. The fourth-order valence-corrected chi connectivity index (χ4v) is 3.15. The lowest BCUT2D eigenvalue weighted by Crippen LogP contribution is -2.08. The molecular formula is C22H28N2O2. The quantitative estimate of drug-likeness (QED) is 0.617. The van der Waals surface area contributed by atoms with Gasteiger partial charge in [-0.15, -0.1) is 0 Å². The van der Waals surface area contributed by atoms with Gasteiger partial charge in [0.1, 0.15) is 17.7 Å². The minimum absolute atomic E-state index is 0.577. The number of rotatable bonds is 7. The minimum Gasteiger partial charge on any atom is -0.494 e.